The highest BCUT2D eigenvalue weighted by atomic mass is 79.9. The number of benzene rings is 3. The summed E-state index contributed by atoms with van der Waals surface area (Å²) in [6.45, 7) is 1.81. The van der Waals surface area contributed by atoms with E-state index >= 15 is 0 Å². The highest BCUT2D eigenvalue weighted by Gasteiger charge is 2.21. The molecule has 4 aromatic rings. The molecule has 1 aromatic heterocycles. The molecule has 0 fully saturated rings. The molecule has 0 aliphatic carbocycles. The van der Waals surface area contributed by atoms with Crippen molar-refractivity contribution in [3.63, 3.8) is 0 Å². The molecule has 0 saturated heterocycles. The number of para-hydroxylation sites is 1. The number of anilines is 2. The molecule has 10 heteroatoms. The first-order chi connectivity index (χ1) is 16.2. The summed E-state index contributed by atoms with van der Waals surface area (Å²) in [4.78, 5) is 38.4. The van der Waals surface area contributed by atoms with E-state index in [0.717, 1.165) is 10.0 Å². The molecule has 0 bridgehead atoms. The molecular weight excluding hydrogens is 543 g/mol. The van der Waals surface area contributed by atoms with Gasteiger partial charge in [-0.05, 0) is 61.0 Å². The van der Waals surface area contributed by atoms with Crippen LogP contribution in [0.1, 0.15) is 16.1 Å². The molecule has 3 N–H and O–H groups in total. The van der Waals surface area contributed by atoms with Gasteiger partial charge in [0, 0.05) is 31.3 Å². The van der Waals surface area contributed by atoms with Gasteiger partial charge in [-0.2, -0.15) is 0 Å². The van der Waals surface area contributed by atoms with Crippen LogP contribution in [-0.2, 0) is 9.59 Å². The topological polar surface area (TPSA) is 92.2 Å². The lowest BCUT2D eigenvalue weighted by molar-refractivity contribution is -0.133. The van der Waals surface area contributed by atoms with Crippen LogP contribution in [0.4, 0.5) is 11.4 Å². The van der Waals surface area contributed by atoms with Gasteiger partial charge in [0.05, 0.1) is 5.52 Å². The van der Waals surface area contributed by atoms with Crippen LogP contribution in [0.5, 0.6) is 0 Å². The minimum Gasteiger partial charge on any atom is -0.321 e. The Bertz CT molecular complexity index is 1430. The van der Waals surface area contributed by atoms with Crippen molar-refractivity contribution in [1.82, 2.24) is 4.68 Å². The summed E-state index contributed by atoms with van der Waals surface area (Å²) in [6.07, 6.45) is 0. The smallest absolute Gasteiger partial charge is 0.321 e. The Morgan fingerprint density at radius 1 is 0.853 bits per heavy atom. The van der Waals surface area contributed by atoms with Crippen molar-refractivity contribution in [2.75, 3.05) is 16.1 Å². The van der Waals surface area contributed by atoms with Gasteiger partial charge >= 0.3 is 11.8 Å². The van der Waals surface area contributed by atoms with Crippen molar-refractivity contribution in [2.24, 2.45) is 0 Å². The quantitative estimate of drug-likeness (QED) is 0.268. The van der Waals surface area contributed by atoms with Crippen LogP contribution >= 0.6 is 39.1 Å². The molecule has 0 aliphatic heterocycles. The summed E-state index contributed by atoms with van der Waals surface area (Å²) >= 11 is 15.5. The van der Waals surface area contributed by atoms with Crippen molar-refractivity contribution >= 4 is 79.1 Å². The lowest BCUT2D eigenvalue weighted by atomic mass is 10.2. The standard InChI is InChI=1S/C24H17BrCl2N4O3/c1-13-4-2-3-5-19(13)29-23(33)24(34)30-31-20-7-6-15(25)8-14(20)9-21(31)22(32)28-18-11-16(26)10-17(27)12-18/h2-12H,1H3,(H,28,32)(H,29,33)(H,30,34). The molecule has 0 saturated carbocycles. The molecule has 0 radical (unpaired) electrons. The van der Waals surface area contributed by atoms with Gasteiger partial charge in [-0.3, -0.25) is 19.8 Å². The predicted molar refractivity (Wildman–Crippen MR) is 138 cm³/mol. The van der Waals surface area contributed by atoms with Crippen LogP contribution in [0.2, 0.25) is 10.0 Å². The van der Waals surface area contributed by atoms with Crippen molar-refractivity contribution in [1.29, 1.82) is 0 Å². The van der Waals surface area contributed by atoms with Gasteiger partial charge < -0.3 is 10.6 Å². The van der Waals surface area contributed by atoms with Gasteiger partial charge in [0.1, 0.15) is 5.69 Å². The zero-order valence-corrected chi connectivity index (χ0v) is 20.8. The number of nitrogens with one attached hydrogen (secondary N) is 3. The van der Waals surface area contributed by atoms with Crippen LogP contribution in [-0.4, -0.2) is 22.4 Å². The number of hydrogen-bond donors (Lipinski definition) is 3. The minimum atomic E-state index is -0.941. The summed E-state index contributed by atoms with van der Waals surface area (Å²) in [5.74, 6) is -2.35. The molecule has 7 nitrogen and oxygen atoms in total. The van der Waals surface area contributed by atoms with Gasteiger partial charge in [-0.15, -0.1) is 0 Å². The summed E-state index contributed by atoms with van der Waals surface area (Å²) in [7, 11) is 0. The fraction of sp³-hybridized carbons (Fsp3) is 0.0417. The maximum Gasteiger partial charge on any atom is 0.328 e. The maximum atomic E-state index is 13.1. The Kier molecular flexibility index (Phi) is 6.92. The minimum absolute atomic E-state index is 0.0984. The first-order valence-corrected chi connectivity index (χ1v) is 11.5. The number of aryl methyl sites for hydroxylation is 1. The summed E-state index contributed by atoms with van der Waals surface area (Å²) in [5.41, 5.74) is 4.84. The summed E-state index contributed by atoms with van der Waals surface area (Å²) < 4.78 is 2.05. The number of rotatable bonds is 4. The lowest BCUT2D eigenvalue weighted by Gasteiger charge is -2.13. The maximum absolute atomic E-state index is 13.1. The molecule has 172 valence electrons. The van der Waals surface area contributed by atoms with Gasteiger partial charge in [-0.1, -0.05) is 57.3 Å². The number of hydrogen-bond acceptors (Lipinski definition) is 3. The first kappa shape index (κ1) is 23.8. The molecule has 34 heavy (non-hydrogen) atoms. The Morgan fingerprint density at radius 3 is 2.26 bits per heavy atom. The van der Waals surface area contributed by atoms with E-state index in [1.54, 1.807) is 54.6 Å². The number of fused-ring (bicyclic) bond motifs is 1. The second kappa shape index (κ2) is 9.89. The van der Waals surface area contributed by atoms with Crippen molar-refractivity contribution in [3.05, 3.63) is 92.5 Å². The third-order valence-electron chi connectivity index (χ3n) is 4.93. The number of carbonyl (C=O) groups is 3. The summed E-state index contributed by atoms with van der Waals surface area (Å²) in [6, 6.07) is 18.6. The van der Waals surface area contributed by atoms with Gasteiger partial charge in [-0.25, -0.2) is 4.68 Å². The highest BCUT2D eigenvalue weighted by molar-refractivity contribution is 9.10. The zero-order chi connectivity index (χ0) is 24.4. The zero-order valence-electron chi connectivity index (χ0n) is 17.7. The molecule has 0 unspecified atom stereocenters. The molecular formula is C24H17BrCl2N4O3. The van der Waals surface area contributed by atoms with E-state index in [4.69, 9.17) is 23.2 Å². The molecule has 0 atom stereocenters. The van der Waals surface area contributed by atoms with E-state index in [1.807, 2.05) is 19.1 Å². The van der Waals surface area contributed by atoms with E-state index in [2.05, 4.69) is 32.0 Å². The number of carbonyl (C=O) groups excluding carboxylic acids is 3. The molecule has 4 rings (SSSR count). The van der Waals surface area contributed by atoms with Crippen molar-refractivity contribution < 1.29 is 14.4 Å². The average Bonchev–Trinajstić information content (AvgIpc) is 3.12. The first-order valence-electron chi connectivity index (χ1n) is 9.97. The van der Waals surface area contributed by atoms with Crippen LogP contribution in [0.15, 0.2) is 71.2 Å². The Hall–Kier alpha value is -3.33. The number of nitrogens with zero attached hydrogens (tertiary/aromatic N) is 1. The van der Waals surface area contributed by atoms with Crippen LogP contribution in [0.3, 0.4) is 0 Å². The average molecular weight is 560 g/mol. The highest BCUT2D eigenvalue weighted by Crippen LogP contribution is 2.26. The third-order valence-corrected chi connectivity index (χ3v) is 5.86. The fourth-order valence-corrected chi connectivity index (χ4v) is 4.24. The Balaban J connectivity index is 1.65. The number of halogens is 3. The molecule has 0 spiro atoms. The Labute approximate surface area is 213 Å². The van der Waals surface area contributed by atoms with Gasteiger partial charge in [0.2, 0.25) is 0 Å². The number of aromatic nitrogens is 1. The van der Waals surface area contributed by atoms with Gasteiger partial charge in [0.25, 0.3) is 5.91 Å². The van der Waals surface area contributed by atoms with Crippen LogP contribution < -0.4 is 16.1 Å². The van der Waals surface area contributed by atoms with E-state index in [1.165, 1.54) is 4.68 Å². The molecule has 3 amide bonds. The van der Waals surface area contributed by atoms with Crippen LogP contribution in [0, 0.1) is 6.92 Å². The Morgan fingerprint density at radius 2 is 1.56 bits per heavy atom. The monoisotopic (exact) mass is 558 g/mol. The second-order valence-corrected chi connectivity index (χ2v) is 9.18. The number of amides is 3. The van der Waals surface area contributed by atoms with Crippen molar-refractivity contribution in [3.8, 4) is 0 Å². The largest absolute Gasteiger partial charge is 0.328 e. The van der Waals surface area contributed by atoms with Gasteiger partial charge in [0.15, 0.2) is 0 Å². The van der Waals surface area contributed by atoms with Crippen LogP contribution in [0.25, 0.3) is 10.9 Å². The molecule has 0 aliphatic rings. The third kappa shape index (κ3) is 5.25. The van der Waals surface area contributed by atoms with E-state index < -0.39 is 17.7 Å². The lowest BCUT2D eigenvalue weighted by Crippen LogP contribution is -2.36. The normalized spacial score (nSPS) is 10.7. The van der Waals surface area contributed by atoms with E-state index in [-0.39, 0.29) is 5.69 Å². The second-order valence-electron chi connectivity index (χ2n) is 7.39. The fourth-order valence-electron chi connectivity index (χ4n) is 3.34. The predicted octanol–water partition coefficient (Wildman–Crippen LogP) is 5.98. The summed E-state index contributed by atoms with van der Waals surface area (Å²) in [5, 5.41) is 6.67. The van der Waals surface area contributed by atoms with E-state index in [9.17, 15) is 14.4 Å². The molecule has 3 aromatic carbocycles. The molecule has 1 heterocycles. The van der Waals surface area contributed by atoms with E-state index in [0.29, 0.717) is 32.3 Å². The SMILES string of the molecule is Cc1ccccc1NC(=O)C(=O)Nn1c(C(=O)Nc2cc(Cl)cc(Cl)c2)cc2cc(Br)ccc21. The van der Waals surface area contributed by atoms with Crippen molar-refractivity contribution in [2.45, 2.75) is 6.92 Å².